The molecule has 0 aromatic heterocycles. The van der Waals surface area contributed by atoms with Gasteiger partial charge in [-0.15, -0.1) is 0 Å². The van der Waals surface area contributed by atoms with E-state index in [2.05, 4.69) is 5.32 Å². The standard InChI is InChI=1S/C20H29N3O2/c1-16-2-5-18(6-3-16)20(25)23-14-12-22(13-15-23)19(24)7-4-17-8-10-21-11-9-17/h2-3,5-6,17,21H,4,7-15H2,1H3. The van der Waals surface area contributed by atoms with Gasteiger partial charge in [-0.3, -0.25) is 9.59 Å². The van der Waals surface area contributed by atoms with E-state index >= 15 is 0 Å². The average molecular weight is 343 g/mol. The van der Waals surface area contributed by atoms with Crippen molar-refractivity contribution in [2.45, 2.75) is 32.6 Å². The third-order valence-corrected chi connectivity index (χ3v) is 5.44. The lowest BCUT2D eigenvalue weighted by molar-refractivity contribution is -0.133. The van der Waals surface area contributed by atoms with Gasteiger partial charge < -0.3 is 15.1 Å². The summed E-state index contributed by atoms with van der Waals surface area (Å²) in [6.07, 6.45) is 4.03. The number of aryl methyl sites for hydroxylation is 1. The number of hydrogen-bond acceptors (Lipinski definition) is 3. The van der Waals surface area contributed by atoms with Crippen molar-refractivity contribution in [1.29, 1.82) is 0 Å². The van der Waals surface area contributed by atoms with Crippen LogP contribution in [0.1, 0.15) is 41.6 Å². The van der Waals surface area contributed by atoms with Crippen LogP contribution in [0.4, 0.5) is 0 Å². The Kier molecular flexibility index (Phi) is 6.08. The van der Waals surface area contributed by atoms with Gasteiger partial charge in [0.2, 0.25) is 5.91 Å². The van der Waals surface area contributed by atoms with Gasteiger partial charge in [0.25, 0.3) is 5.91 Å². The summed E-state index contributed by atoms with van der Waals surface area (Å²) in [6.45, 7) is 6.75. The van der Waals surface area contributed by atoms with E-state index in [0.29, 0.717) is 38.5 Å². The molecule has 1 N–H and O–H groups in total. The Morgan fingerprint density at radius 2 is 1.60 bits per heavy atom. The van der Waals surface area contributed by atoms with Crippen molar-refractivity contribution in [3.63, 3.8) is 0 Å². The van der Waals surface area contributed by atoms with Gasteiger partial charge in [0.15, 0.2) is 0 Å². The largest absolute Gasteiger partial charge is 0.339 e. The Labute approximate surface area is 150 Å². The fourth-order valence-electron chi connectivity index (χ4n) is 3.69. The van der Waals surface area contributed by atoms with E-state index in [9.17, 15) is 9.59 Å². The molecule has 0 atom stereocenters. The average Bonchev–Trinajstić information content (AvgIpc) is 2.67. The number of carbonyl (C=O) groups excluding carboxylic acids is 2. The van der Waals surface area contributed by atoms with Crippen LogP contribution < -0.4 is 5.32 Å². The van der Waals surface area contributed by atoms with Gasteiger partial charge in [0.05, 0.1) is 0 Å². The Hall–Kier alpha value is -1.88. The lowest BCUT2D eigenvalue weighted by atomic mass is 9.93. The molecular formula is C20H29N3O2. The Bertz CT molecular complexity index is 585. The molecular weight excluding hydrogens is 314 g/mol. The quantitative estimate of drug-likeness (QED) is 0.910. The predicted octanol–water partition coefficient (Wildman–Crippen LogP) is 2.06. The Morgan fingerprint density at radius 3 is 2.24 bits per heavy atom. The van der Waals surface area contributed by atoms with Gasteiger partial charge in [0, 0.05) is 38.2 Å². The van der Waals surface area contributed by atoms with E-state index in [-0.39, 0.29) is 11.8 Å². The highest BCUT2D eigenvalue weighted by atomic mass is 16.2. The number of nitrogens with zero attached hydrogens (tertiary/aromatic N) is 2. The summed E-state index contributed by atoms with van der Waals surface area (Å²) in [7, 11) is 0. The summed E-state index contributed by atoms with van der Waals surface area (Å²) in [4.78, 5) is 28.8. The van der Waals surface area contributed by atoms with Crippen LogP contribution in [0, 0.1) is 12.8 Å². The monoisotopic (exact) mass is 343 g/mol. The molecule has 2 aliphatic heterocycles. The molecule has 2 saturated heterocycles. The lowest BCUT2D eigenvalue weighted by Gasteiger charge is -2.35. The zero-order valence-corrected chi connectivity index (χ0v) is 15.2. The van der Waals surface area contributed by atoms with Crippen molar-refractivity contribution in [2.24, 2.45) is 5.92 Å². The summed E-state index contributed by atoms with van der Waals surface area (Å²) >= 11 is 0. The van der Waals surface area contributed by atoms with Gasteiger partial charge in [0.1, 0.15) is 0 Å². The van der Waals surface area contributed by atoms with E-state index in [1.54, 1.807) is 0 Å². The summed E-state index contributed by atoms with van der Waals surface area (Å²) < 4.78 is 0. The maximum atomic E-state index is 12.5. The molecule has 0 bridgehead atoms. The molecule has 136 valence electrons. The Balaban J connectivity index is 1.43. The van der Waals surface area contributed by atoms with Crippen molar-refractivity contribution >= 4 is 11.8 Å². The molecule has 1 aromatic carbocycles. The van der Waals surface area contributed by atoms with E-state index in [1.807, 2.05) is 41.0 Å². The first kappa shape index (κ1) is 17.9. The van der Waals surface area contributed by atoms with Crippen LogP contribution in [0.5, 0.6) is 0 Å². The molecule has 25 heavy (non-hydrogen) atoms. The highest BCUT2D eigenvalue weighted by Crippen LogP contribution is 2.19. The first-order valence-electron chi connectivity index (χ1n) is 9.48. The van der Waals surface area contributed by atoms with Crippen LogP contribution in [-0.4, -0.2) is 60.9 Å². The van der Waals surface area contributed by atoms with Crippen molar-refractivity contribution in [3.05, 3.63) is 35.4 Å². The summed E-state index contributed by atoms with van der Waals surface area (Å²) in [5.41, 5.74) is 1.89. The van der Waals surface area contributed by atoms with E-state index in [0.717, 1.165) is 30.6 Å². The highest BCUT2D eigenvalue weighted by molar-refractivity contribution is 5.94. The number of nitrogens with one attached hydrogen (secondary N) is 1. The van der Waals surface area contributed by atoms with Crippen molar-refractivity contribution in [3.8, 4) is 0 Å². The second-order valence-corrected chi connectivity index (χ2v) is 7.27. The van der Waals surface area contributed by atoms with E-state index in [1.165, 1.54) is 12.8 Å². The molecule has 0 radical (unpaired) electrons. The van der Waals surface area contributed by atoms with Gasteiger partial charge in [-0.2, -0.15) is 0 Å². The van der Waals surface area contributed by atoms with Crippen LogP contribution in [-0.2, 0) is 4.79 Å². The lowest BCUT2D eigenvalue weighted by Crippen LogP contribution is -2.50. The number of carbonyl (C=O) groups is 2. The van der Waals surface area contributed by atoms with E-state index in [4.69, 9.17) is 0 Å². The third kappa shape index (κ3) is 4.82. The first-order chi connectivity index (χ1) is 12.1. The fourth-order valence-corrected chi connectivity index (χ4v) is 3.69. The molecule has 0 spiro atoms. The summed E-state index contributed by atoms with van der Waals surface area (Å²) in [6, 6.07) is 7.70. The minimum absolute atomic E-state index is 0.0711. The molecule has 2 heterocycles. The van der Waals surface area contributed by atoms with Crippen LogP contribution in [0.25, 0.3) is 0 Å². The summed E-state index contributed by atoms with van der Waals surface area (Å²) in [5, 5.41) is 3.36. The van der Waals surface area contributed by atoms with Crippen molar-refractivity contribution in [1.82, 2.24) is 15.1 Å². The summed E-state index contributed by atoms with van der Waals surface area (Å²) in [5.74, 6) is 1.01. The molecule has 1 aromatic rings. The smallest absolute Gasteiger partial charge is 0.253 e. The van der Waals surface area contributed by atoms with Crippen molar-refractivity contribution in [2.75, 3.05) is 39.3 Å². The fraction of sp³-hybridized carbons (Fsp3) is 0.600. The molecule has 0 aliphatic carbocycles. The number of piperidine rings is 1. The van der Waals surface area contributed by atoms with Gasteiger partial charge in [-0.25, -0.2) is 0 Å². The van der Waals surface area contributed by atoms with Crippen LogP contribution in [0.2, 0.25) is 0 Å². The molecule has 5 heteroatoms. The normalized spacial score (nSPS) is 19.1. The van der Waals surface area contributed by atoms with Crippen molar-refractivity contribution < 1.29 is 9.59 Å². The number of benzene rings is 1. The molecule has 5 nitrogen and oxygen atoms in total. The van der Waals surface area contributed by atoms with Crippen LogP contribution >= 0.6 is 0 Å². The maximum Gasteiger partial charge on any atom is 0.253 e. The van der Waals surface area contributed by atoms with E-state index < -0.39 is 0 Å². The van der Waals surface area contributed by atoms with Gasteiger partial charge in [-0.05, 0) is 57.3 Å². The topological polar surface area (TPSA) is 52.7 Å². The van der Waals surface area contributed by atoms with Crippen LogP contribution in [0.15, 0.2) is 24.3 Å². The molecule has 2 aliphatic rings. The third-order valence-electron chi connectivity index (χ3n) is 5.44. The molecule has 0 unspecified atom stereocenters. The molecule has 2 fully saturated rings. The van der Waals surface area contributed by atoms with Gasteiger partial charge in [-0.1, -0.05) is 17.7 Å². The zero-order valence-electron chi connectivity index (χ0n) is 15.2. The Morgan fingerprint density at radius 1 is 1.00 bits per heavy atom. The number of rotatable bonds is 4. The molecule has 3 rings (SSSR count). The van der Waals surface area contributed by atoms with Crippen LogP contribution in [0.3, 0.4) is 0 Å². The molecule has 0 saturated carbocycles. The second kappa shape index (κ2) is 8.48. The van der Waals surface area contributed by atoms with Gasteiger partial charge >= 0.3 is 0 Å². The predicted molar refractivity (Wildman–Crippen MR) is 98.5 cm³/mol. The highest BCUT2D eigenvalue weighted by Gasteiger charge is 2.25. The maximum absolute atomic E-state index is 12.5. The SMILES string of the molecule is Cc1ccc(C(=O)N2CCN(C(=O)CCC3CCNCC3)CC2)cc1. The second-order valence-electron chi connectivity index (χ2n) is 7.27. The molecule has 2 amide bonds. The minimum Gasteiger partial charge on any atom is -0.339 e. The number of piperazine rings is 1. The number of amides is 2. The zero-order chi connectivity index (χ0) is 17.6. The first-order valence-corrected chi connectivity index (χ1v) is 9.48. The number of hydrogen-bond donors (Lipinski definition) is 1. The minimum atomic E-state index is 0.0711.